The second-order valence-electron chi connectivity index (χ2n) is 5.94. The molecule has 0 N–H and O–H groups in total. The van der Waals surface area contributed by atoms with Crippen LogP contribution in [0, 0.1) is 0 Å². The number of halogens is 4. The van der Waals surface area contributed by atoms with Crippen LogP contribution in [0.3, 0.4) is 0 Å². The number of rotatable bonds is 8. The van der Waals surface area contributed by atoms with Crippen LogP contribution in [0.25, 0.3) is 0 Å². The molecule has 0 saturated carbocycles. The molecule has 0 aliphatic carbocycles. The molecule has 2 heterocycles. The first-order valence-electron chi connectivity index (χ1n) is 8.22. The zero-order valence-corrected chi connectivity index (χ0v) is 15.4. The number of nitrogens with zero attached hydrogens (tertiary/aromatic N) is 4. The summed E-state index contributed by atoms with van der Waals surface area (Å²) in [5.74, 6) is -0.179. The van der Waals surface area contributed by atoms with E-state index in [1.165, 1.54) is 9.80 Å². The average molecular weight is 390 g/mol. The Bertz CT molecular complexity index is 704. The highest BCUT2D eigenvalue weighted by atomic mass is 35.5. The van der Waals surface area contributed by atoms with Crippen LogP contribution < -0.4 is 0 Å². The summed E-state index contributed by atoms with van der Waals surface area (Å²) >= 11 is 6.31. The Kier molecular flexibility index (Phi) is 6.77. The summed E-state index contributed by atoms with van der Waals surface area (Å²) in [5.41, 5.74) is 1.39. The van der Waals surface area contributed by atoms with E-state index in [-0.39, 0.29) is 25.4 Å². The van der Waals surface area contributed by atoms with Gasteiger partial charge in [-0.3, -0.25) is 9.78 Å². The molecular weight excluding hydrogens is 369 g/mol. The van der Waals surface area contributed by atoms with E-state index in [0.717, 1.165) is 5.69 Å². The maximum atomic E-state index is 12.4. The Morgan fingerprint density at radius 3 is 2.62 bits per heavy atom. The van der Waals surface area contributed by atoms with E-state index in [1.54, 1.807) is 36.3 Å². The number of pyridine rings is 1. The van der Waals surface area contributed by atoms with Crippen LogP contribution in [0.5, 0.6) is 0 Å². The molecule has 0 atom stereocenters. The monoisotopic (exact) mass is 389 g/mol. The van der Waals surface area contributed by atoms with Crippen LogP contribution in [-0.2, 0) is 4.79 Å². The van der Waals surface area contributed by atoms with Crippen molar-refractivity contribution in [1.82, 2.24) is 14.8 Å². The molecule has 1 aromatic heterocycles. The minimum Gasteiger partial charge on any atom is -0.306 e. The molecule has 9 heteroatoms. The quantitative estimate of drug-likeness (QED) is 0.640. The van der Waals surface area contributed by atoms with E-state index < -0.39 is 12.6 Å². The van der Waals surface area contributed by atoms with Gasteiger partial charge in [0.05, 0.1) is 12.6 Å². The van der Waals surface area contributed by atoms with Crippen molar-refractivity contribution in [1.29, 1.82) is 0 Å². The molecule has 1 amide bonds. The van der Waals surface area contributed by atoms with Crippen LogP contribution >= 0.6 is 11.6 Å². The third-order valence-electron chi connectivity index (χ3n) is 3.99. The molecule has 0 bridgehead atoms. The fourth-order valence-electron chi connectivity index (χ4n) is 2.49. The number of allylic oxidation sites excluding steroid dienone is 1. The SMILES string of the molecule is CCN(C(=O)CCN(C)CCC(F)(F)F)C1=C[N+](c2cccnc2)=C1Cl. The third-order valence-corrected chi connectivity index (χ3v) is 4.37. The van der Waals surface area contributed by atoms with Crippen LogP contribution in [0.1, 0.15) is 19.8 Å². The van der Waals surface area contributed by atoms with Gasteiger partial charge in [0.15, 0.2) is 5.70 Å². The van der Waals surface area contributed by atoms with Crippen molar-refractivity contribution in [2.45, 2.75) is 25.9 Å². The Balaban J connectivity index is 1.90. The summed E-state index contributed by atoms with van der Waals surface area (Å²) in [6, 6.07) is 3.63. The van der Waals surface area contributed by atoms with Gasteiger partial charge in [-0.1, -0.05) is 0 Å². The topological polar surface area (TPSA) is 39.5 Å². The van der Waals surface area contributed by atoms with Crippen molar-refractivity contribution in [3.8, 4) is 0 Å². The van der Waals surface area contributed by atoms with Gasteiger partial charge in [0, 0.05) is 38.3 Å². The lowest BCUT2D eigenvalue weighted by Crippen LogP contribution is -2.40. The zero-order valence-electron chi connectivity index (χ0n) is 14.6. The van der Waals surface area contributed by atoms with E-state index in [0.29, 0.717) is 17.4 Å². The smallest absolute Gasteiger partial charge is 0.306 e. The van der Waals surface area contributed by atoms with Gasteiger partial charge in [-0.2, -0.15) is 13.2 Å². The fraction of sp³-hybridized carbons (Fsp3) is 0.471. The number of amides is 1. The zero-order chi connectivity index (χ0) is 19.3. The molecule has 5 nitrogen and oxygen atoms in total. The van der Waals surface area contributed by atoms with Crippen LogP contribution in [0.15, 0.2) is 36.4 Å². The van der Waals surface area contributed by atoms with E-state index in [4.69, 9.17) is 11.6 Å². The van der Waals surface area contributed by atoms with Crippen LogP contribution in [0.2, 0.25) is 0 Å². The molecule has 0 unspecified atom stereocenters. The third kappa shape index (κ3) is 5.28. The fourth-order valence-corrected chi connectivity index (χ4v) is 2.78. The number of aromatic nitrogens is 1. The molecule has 0 fully saturated rings. The number of carbonyl (C=O) groups excluding carboxylic acids is 1. The first-order chi connectivity index (χ1) is 12.2. The maximum absolute atomic E-state index is 12.4. The minimum atomic E-state index is -4.19. The Morgan fingerprint density at radius 1 is 1.35 bits per heavy atom. The lowest BCUT2D eigenvalue weighted by molar-refractivity contribution is -0.373. The molecule has 1 aliphatic rings. The van der Waals surface area contributed by atoms with E-state index in [2.05, 4.69) is 4.98 Å². The van der Waals surface area contributed by atoms with Gasteiger partial charge in [-0.05, 0) is 31.6 Å². The van der Waals surface area contributed by atoms with E-state index in [9.17, 15) is 18.0 Å². The van der Waals surface area contributed by atoms with Crippen molar-refractivity contribution >= 4 is 28.4 Å². The summed E-state index contributed by atoms with van der Waals surface area (Å²) in [5, 5.41) is 0.415. The molecule has 0 aromatic carbocycles. The van der Waals surface area contributed by atoms with Crippen molar-refractivity contribution in [3.63, 3.8) is 0 Å². The van der Waals surface area contributed by atoms with E-state index in [1.807, 2.05) is 13.0 Å². The Labute approximate surface area is 155 Å². The summed E-state index contributed by atoms with van der Waals surface area (Å²) < 4.78 is 38.4. The van der Waals surface area contributed by atoms with Gasteiger partial charge in [-0.25, -0.2) is 0 Å². The number of carbonyl (C=O) groups is 1. The van der Waals surface area contributed by atoms with Gasteiger partial charge in [-0.15, -0.1) is 4.58 Å². The van der Waals surface area contributed by atoms with Gasteiger partial charge < -0.3 is 9.80 Å². The summed E-state index contributed by atoms with van der Waals surface area (Å²) in [6.07, 6.45) is 0.0930. The second kappa shape index (κ2) is 8.64. The summed E-state index contributed by atoms with van der Waals surface area (Å²) in [4.78, 5) is 19.5. The van der Waals surface area contributed by atoms with E-state index >= 15 is 0 Å². The first-order valence-corrected chi connectivity index (χ1v) is 8.60. The molecule has 0 radical (unpaired) electrons. The molecule has 142 valence electrons. The van der Waals surface area contributed by atoms with Crippen molar-refractivity contribution in [2.24, 2.45) is 0 Å². The molecule has 0 spiro atoms. The Hall–Kier alpha value is -1.93. The predicted molar refractivity (Wildman–Crippen MR) is 93.3 cm³/mol. The van der Waals surface area contributed by atoms with Gasteiger partial charge in [0.25, 0.3) is 0 Å². The molecule has 2 rings (SSSR count). The standard InChI is InChI=1S/C17H21ClF3N4O/c1-3-24(15(26)6-9-23(2)10-7-17(19,20)21)14-12-25(16(14)18)13-5-4-8-22-11-13/h4-5,8,11-12H,3,6-7,9-10H2,1-2H3/q+1. The summed E-state index contributed by atoms with van der Waals surface area (Å²) in [7, 11) is 1.57. The lowest BCUT2D eigenvalue weighted by atomic mass is 10.2. The normalized spacial score (nSPS) is 14.3. The first kappa shape index (κ1) is 20.4. The minimum absolute atomic E-state index is 0.122. The van der Waals surface area contributed by atoms with Gasteiger partial charge in [0.1, 0.15) is 0 Å². The summed E-state index contributed by atoms with van der Waals surface area (Å²) in [6.45, 7) is 2.37. The molecule has 26 heavy (non-hydrogen) atoms. The predicted octanol–water partition coefficient (Wildman–Crippen LogP) is 3.34. The van der Waals surface area contributed by atoms with Crippen LogP contribution in [-0.4, -0.2) is 63.3 Å². The largest absolute Gasteiger partial charge is 0.390 e. The van der Waals surface area contributed by atoms with Crippen LogP contribution in [0.4, 0.5) is 18.9 Å². The number of hydrogen-bond donors (Lipinski definition) is 0. The second-order valence-corrected chi connectivity index (χ2v) is 6.30. The highest BCUT2D eigenvalue weighted by Gasteiger charge is 2.36. The number of hydrogen-bond acceptors (Lipinski definition) is 3. The lowest BCUT2D eigenvalue weighted by Gasteiger charge is -2.25. The van der Waals surface area contributed by atoms with Crippen molar-refractivity contribution in [3.05, 3.63) is 36.4 Å². The Morgan fingerprint density at radius 2 is 2.08 bits per heavy atom. The highest BCUT2D eigenvalue weighted by molar-refractivity contribution is 6.69. The average Bonchev–Trinajstić information content (AvgIpc) is 2.60. The van der Waals surface area contributed by atoms with Crippen molar-refractivity contribution < 1.29 is 22.5 Å². The van der Waals surface area contributed by atoms with Gasteiger partial charge in [0.2, 0.25) is 17.8 Å². The molecular formula is C17H21ClF3N4O+. The van der Waals surface area contributed by atoms with Crippen molar-refractivity contribution in [2.75, 3.05) is 26.7 Å². The maximum Gasteiger partial charge on any atom is 0.390 e. The molecule has 1 aromatic rings. The highest BCUT2D eigenvalue weighted by Crippen LogP contribution is 2.25. The van der Waals surface area contributed by atoms with Gasteiger partial charge >= 0.3 is 11.3 Å². The number of alkyl halides is 3. The molecule has 0 saturated heterocycles. The molecule has 1 aliphatic heterocycles.